The van der Waals surface area contributed by atoms with E-state index in [4.69, 9.17) is 4.74 Å². The summed E-state index contributed by atoms with van der Waals surface area (Å²) in [6, 6.07) is 18.3. The molecule has 0 amide bonds. The van der Waals surface area contributed by atoms with Crippen molar-refractivity contribution in [2.45, 2.75) is 19.4 Å². The second-order valence-corrected chi connectivity index (χ2v) is 5.43. The van der Waals surface area contributed by atoms with Gasteiger partial charge in [0.25, 0.3) is 0 Å². The fourth-order valence-electron chi connectivity index (χ4n) is 2.36. The predicted octanol–water partition coefficient (Wildman–Crippen LogP) is 3.16. The van der Waals surface area contributed by atoms with Crippen molar-refractivity contribution >= 4 is 11.0 Å². The third-order valence-corrected chi connectivity index (χ3v) is 3.54. The van der Waals surface area contributed by atoms with Gasteiger partial charge in [-0.05, 0) is 31.2 Å². The Bertz CT molecular complexity index is 675. The van der Waals surface area contributed by atoms with Crippen LogP contribution in [0.1, 0.15) is 12.7 Å². The summed E-state index contributed by atoms with van der Waals surface area (Å²) in [5.74, 6) is 1.93. The summed E-state index contributed by atoms with van der Waals surface area (Å²) < 4.78 is 5.73. The van der Waals surface area contributed by atoms with E-state index in [1.165, 1.54) is 0 Å². The van der Waals surface area contributed by atoms with Crippen LogP contribution in [0.5, 0.6) is 5.75 Å². The molecule has 4 nitrogen and oxygen atoms in total. The first-order chi connectivity index (χ1) is 10.8. The highest BCUT2D eigenvalue weighted by Gasteiger charge is 2.05. The number of benzene rings is 2. The van der Waals surface area contributed by atoms with Crippen molar-refractivity contribution in [3.63, 3.8) is 0 Å². The van der Waals surface area contributed by atoms with Gasteiger partial charge in [-0.3, -0.25) is 0 Å². The molecule has 0 saturated heterocycles. The van der Waals surface area contributed by atoms with Crippen molar-refractivity contribution in [3.05, 3.63) is 60.4 Å². The molecule has 0 aliphatic heterocycles. The van der Waals surface area contributed by atoms with Crippen LogP contribution in [0.15, 0.2) is 54.6 Å². The van der Waals surface area contributed by atoms with Gasteiger partial charge in [-0.25, -0.2) is 4.98 Å². The first-order valence-corrected chi connectivity index (χ1v) is 7.66. The smallest absolute Gasteiger partial charge is 0.119 e. The van der Waals surface area contributed by atoms with Gasteiger partial charge in [-0.2, -0.15) is 0 Å². The van der Waals surface area contributed by atoms with Gasteiger partial charge in [0.05, 0.1) is 11.0 Å². The highest BCUT2D eigenvalue weighted by Crippen LogP contribution is 2.10. The van der Waals surface area contributed by atoms with Gasteiger partial charge in [0, 0.05) is 19.0 Å². The summed E-state index contributed by atoms with van der Waals surface area (Å²) in [6.45, 7) is 3.66. The van der Waals surface area contributed by atoms with E-state index in [-0.39, 0.29) is 0 Å². The summed E-state index contributed by atoms with van der Waals surface area (Å²) in [6.07, 6.45) is 0.879. The molecule has 1 unspecified atom stereocenters. The molecule has 22 heavy (non-hydrogen) atoms. The van der Waals surface area contributed by atoms with E-state index in [1.54, 1.807) is 0 Å². The van der Waals surface area contributed by atoms with E-state index < -0.39 is 0 Å². The molecule has 0 spiro atoms. The van der Waals surface area contributed by atoms with Crippen molar-refractivity contribution in [2.75, 3.05) is 13.2 Å². The average Bonchev–Trinajstić information content (AvgIpc) is 2.96. The molecule has 0 radical (unpaired) electrons. The Hall–Kier alpha value is -2.33. The van der Waals surface area contributed by atoms with Gasteiger partial charge in [0.2, 0.25) is 0 Å². The second-order valence-electron chi connectivity index (χ2n) is 5.43. The molecule has 3 rings (SSSR count). The Balaban J connectivity index is 1.42. The number of aromatic nitrogens is 2. The minimum atomic E-state index is 0.296. The number of imidazole rings is 1. The number of fused-ring (bicyclic) bond motifs is 1. The molecule has 0 bridgehead atoms. The fraction of sp³-hybridized carbons (Fsp3) is 0.278. The van der Waals surface area contributed by atoms with Crippen LogP contribution >= 0.6 is 0 Å². The van der Waals surface area contributed by atoms with Crippen LogP contribution in [-0.4, -0.2) is 29.2 Å². The molecule has 3 aromatic rings. The number of H-pyrrole nitrogens is 1. The van der Waals surface area contributed by atoms with Crippen LogP contribution in [0.4, 0.5) is 0 Å². The first kappa shape index (κ1) is 14.6. The zero-order valence-electron chi connectivity index (χ0n) is 12.8. The van der Waals surface area contributed by atoms with Crippen LogP contribution in [-0.2, 0) is 6.42 Å². The molecule has 1 heterocycles. The van der Waals surface area contributed by atoms with Gasteiger partial charge in [0.1, 0.15) is 18.2 Å². The van der Waals surface area contributed by atoms with Crippen LogP contribution in [0.3, 0.4) is 0 Å². The zero-order chi connectivity index (χ0) is 15.2. The average molecular weight is 295 g/mol. The Morgan fingerprint density at radius 2 is 1.86 bits per heavy atom. The van der Waals surface area contributed by atoms with E-state index in [0.29, 0.717) is 12.6 Å². The lowest BCUT2D eigenvalue weighted by Crippen LogP contribution is -2.33. The van der Waals surface area contributed by atoms with Crippen LogP contribution in [0.25, 0.3) is 11.0 Å². The molecule has 2 aromatic carbocycles. The summed E-state index contributed by atoms with van der Waals surface area (Å²) >= 11 is 0. The van der Waals surface area contributed by atoms with E-state index >= 15 is 0 Å². The first-order valence-electron chi connectivity index (χ1n) is 7.66. The zero-order valence-corrected chi connectivity index (χ0v) is 12.8. The molecule has 0 aliphatic carbocycles. The topological polar surface area (TPSA) is 49.9 Å². The highest BCUT2D eigenvalue weighted by atomic mass is 16.5. The Kier molecular flexibility index (Phi) is 4.71. The summed E-state index contributed by atoms with van der Waals surface area (Å²) in [7, 11) is 0. The molecule has 2 N–H and O–H groups in total. The van der Waals surface area contributed by atoms with Crippen molar-refractivity contribution < 1.29 is 4.74 Å². The SMILES string of the molecule is CC(COc1ccccc1)NCCc1nc2ccccc2[nH]1. The molecule has 1 aromatic heterocycles. The van der Waals surface area contributed by atoms with Gasteiger partial charge in [-0.15, -0.1) is 0 Å². The van der Waals surface area contributed by atoms with Crippen molar-refractivity contribution in [3.8, 4) is 5.75 Å². The number of rotatable bonds is 7. The number of aromatic amines is 1. The monoisotopic (exact) mass is 295 g/mol. The molecule has 114 valence electrons. The lowest BCUT2D eigenvalue weighted by molar-refractivity contribution is 0.274. The van der Waals surface area contributed by atoms with Gasteiger partial charge in [-0.1, -0.05) is 30.3 Å². The van der Waals surface area contributed by atoms with Crippen LogP contribution < -0.4 is 10.1 Å². The second kappa shape index (κ2) is 7.09. The molecule has 1 atom stereocenters. The maximum Gasteiger partial charge on any atom is 0.119 e. The van der Waals surface area contributed by atoms with E-state index in [2.05, 4.69) is 28.3 Å². The third kappa shape index (κ3) is 3.86. The maximum absolute atomic E-state index is 5.73. The highest BCUT2D eigenvalue weighted by molar-refractivity contribution is 5.74. The Labute approximate surface area is 130 Å². The molecule has 0 fully saturated rings. The summed E-state index contributed by atoms with van der Waals surface area (Å²) in [5.41, 5.74) is 2.12. The lowest BCUT2D eigenvalue weighted by atomic mass is 10.3. The number of nitrogens with zero attached hydrogens (tertiary/aromatic N) is 1. The number of ether oxygens (including phenoxy) is 1. The van der Waals surface area contributed by atoms with Crippen molar-refractivity contribution in [1.82, 2.24) is 15.3 Å². The largest absolute Gasteiger partial charge is 0.492 e. The molecule has 0 aliphatic rings. The van der Waals surface area contributed by atoms with Gasteiger partial charge < -0.3 is 15.0 Å². The van der Waals surface area contributed by atoms with Crippen molar-refractivity contribution in [2.24, 2.45) is 0 Å². The number of para-hydroxylation sites is 3. The Morgan fingerprint density at radius 3 is 2.68 bits per heavy atom. The number of nitrogens with one attached hydrogen (secondary N) is 2. The standard InChI is InChI=1S/C18H21N3O/c1-14(13-22-15-7-3-2-4-8-15)19-12-11-18-20-16-9-5-6-10-17(16)21-18/h2-10,14,19H,11-13H2,1H3,(H,20,21). The number of hydrogen-bond acceptors (Lipinski definition) is 3. The minimum Gasteiger partial charge on any atom is -0.492 e. The predicted molar refractivity (Wildman–Crippen MR) is 89.2 cm³/mol. The quantitative estimate of drug-likeness (QED) is 0.704. The van der Waals surface area contributed by atoms with E-state index in [9.17, 15) is 0 Å². The van der Waals surface area contributed by atoms with Crippen molar-refractivity contribution in [1.29, 1.82) is 0 Å². The maximum atomic E-state index is 5.73. The fourth-order valence-corrected chi connectivity index (χ4v) is 2.36. The Morgan fingerprint density at radius 1 is 1.09 bits per heavy atom. The third-order valence-electron chi connectivity index (χ3n) is 3.54. The molecule has 4 heteroatoms. The van der Waals surface area contributed by atoms with Gasteiger partial charge >= 0.3 is 0 Å². The lowest BCUT2D eigenvalue weighted by Gasteiger charge is -2.14. The van der Waals surface area contributed by atoms with Crippen LogP contribution in [0.2, 0.25) is 0 Å². The normalized spacial score (nSPS) is 12.4. The van der Waals surface area contributed by atoms with E-state index in [0.717, 1.165) is 35.6 Å². The molecular weight excluding hydrogens is 274 g/mol. The van der Waals surface area contributed by atoms with Gasteiger partial charge in [0.15, 0.2) is 0 Å². The minimum absolute atomic E-state index is 0.296. The molecular formula is C18H21N3O. The van der Waals surface area contributed by atoms with Crippen LogP contribution in [0, 0.1) is 0 Å². The summed E-state index contributed by atoms with van der Waals surface area (Å²) in [5, 5.41) is 3.46. The van der Waals surface area contributed by atoms with E-state index in [1.807, 2.05) is 48.5 Å². The molecule has 0 saturated carbocycles. The number of hydrogen-bond donors (Lipinski definition) is 2. The summed E-state index contributed by atoms with van der Waals surface area (Å²) in [4.78, 5) is 7.92.